The van der Waals surface area contributed by atoms with E-state index in [2.05, 4.69) is 0 Å². The number of aliphatic hydroxyl groups is 6. The van der Waals surface area contributed by atoms with Crippen LogP contribution < -0.4 is 9.47 Å². The lowest BCUT2D eigenvalue weighted by atomic mass is 9.81. The van der Waals surface area contributed by atoms with Gasteiger partial charge in [0, 0.05) is 18.6 Å². The Balaban J connectivity index is 1.51. The predicted octanol–water partition coefficient (Wildman–Crippen LogP) is -0.678. The van der Waals surface area contributed by atoms with Crippen molar-refractivity contribution in [2.24, 2.45) is 5.92 Å². The molecule has 2 aliphatic rings. The molecule has 14 nitrogen and oxygen atoms in total. The molecule has 1 aliphatic carbocycles. The molecule has 2 aromatic carbocycles. The van der Waals surface area contributed by atoms with Crippen molar-refractivity contribution in [3.05, 3.63) is 41.5 Å². The summed E-state index contributed by atoms with van der Waals surface area (Å²) in [5, 5.41) is 92.8. The Bertz CT molecular complexity index is 1250. The molecular weight excluding hydrogens is 572 g/mol. The van der Waals surface area contributed by atoms with Crippen LogP contribution in [0.4, 0.5) is 0 Å². The number of aromatic hydroxyl groups is 3. The Kier molecular flexibility index (Phi) is 10.4. The molecule has 4 rings (SSSR count). The molecule has 9 N–H and O–H groups in total. The molecule has 1 aliphatic heterocycles. The first-order valence-corrected chi connectivity index (χ1v) is 13.8. The molecule has 1 saturated carbocycles. The van der Waals surface area contributed by atoms with Crippen molar-refractivity contribution in [3.8, 4) is 28.7 Å². The Labute approximate surface area is 246 Å². The molecule has 10 unspecified atom stereocenters. The molecule has 0 amide bonds. The Morgan fingerprint density at radius 2 is 1.58 bits per heavy atom. The fraction of sp³-hybridized carbons (Fsp3) is 0.552. The van der Waals surface area contributed by atoms with Crippen molar-refractivity contribution in [2.45, 2.75) is 81.3 Å². The second-order valence-electron chi connectivity index (χ2n) is 10.9. The smallest absolute Gasteiger partial charge is 0.229 e. The fourth-order valence-electron chi connectivity index (χ4n) is 5.39. The van der Waals surface area contributed by atoms with Gasteiger partial charge in [-0.1, -0.05) is 13.0 Å². The molecule has 0 radical (unpaired) electrons. The monoisotopic (exact) mass is 610 g/mol. The SMILES string of the molecule is COc1ccc(CCC(=O)c2c(O)cc(OC3OC(CO)C(O)C(O)C3OC3CC(C)C(O)C(O)C3O)cc2O)cc1O. The van der Waals surface area contributed by atoms with Gasteiger partial charge in [-0.15, -0.1) is 0 Å². The second-order valence-corrected chi connectivity index (χ2v) is 10.9. The lowest BCUT2D eigenvalue weighted by Crippen LogP contribution is -2.63. The molecule has 1 saturated heterocycles. The van der Waals surface area contributed by atoms with Crippen molar-refractivity contribution < 1.29 is 69.7 Å². The van der Waals surface area contributed by atoms with Crippen LogP contribution in [0.2, 0.25) is 0 Å². The zero-order valence-corrected chi connectivity index (χ0v) is 23.6. The number of methoxy groups -OCH3 is 1. The summed E-state index contributed by atoms with van der Waals surface area (Å²) >= 11 is 0. The summed E-state index contributed by atoms with van der Waals surface area (Å²) in [6.07, 6.45) is -13.0. The van der Waals surface area contributed by atoms with Crippen LogP contribution in [-0.4, -0.2) is 121 Å². The molecule has 238 valence electrons. The highest BCUT2D eigenvalue weighted by Crippen LogP contribution is 2.37. The summed E-state index contributed by atoms with van der Waals surface area (Å²) in [6, 6.07) is 6.68. The number of benzene rings is 2. The van der Waals surface area contributed by atoms with Crippen LogP contribution in [0.15, 0.2) is 30.3 Å². The van der Waals surface area contributed by atoms with E-state index in [-0.39, 0.29) is 42.1 Å². The molecule has 14 heteroatoms. The topological polar surface area (TPSA) is 236 Å². The van der Waals surface area contributed by atoms with E-state index in [0.29, 0.717) is 5.56 Å². The Hall–Kier alpha value is -3.21. The first kappa shape index (κ1) is 32.7. The summed E-state index contributed by atoms with van der Waals surface area (Å²) < 4.78 is 22.2. The van der Waals surface area contributed by atoms with Gasteiger partial charge in [0.1, 0.15) is 59.4 Å². The van der Waals surface area contributed by atoms with E-state index in [4.69, 9.17) is 18.9 Å². The van der Waals surface area contributed by atoms with Crippen LogP contribution in [-0.2, 0) is 15.9 Å². The fourth-order valence-corrected chi connectivity index (χ4v) is 5.39. The largest absolute Gasteiger partial charge is 0.507 e. The minimum absolute atomic E-state index is 0.0728. The number of phenols is 3. The van der Waals surface area contributed by atoms with Crippen molar-refractivity contribution >= 4 is 5.78 Å². The van der Waals surface area contributed by atoms with Gasteiger partial charge in [-0.05, 0) is 36.5 Å². The van der Waals surface area contributed by atoms with Crippen molar-refractivity contribution in [1.82, 2.24) is 0 Å². The number of carbonyl (C=O) groups excluding carboxylic acids is 1. The minimum atomic E-state index is -1.71. The summed E-state index contributed by atoms with van der Waals surface area (Å²) in [5.41, 5.74) is 0.239. The number of ketones is 1. The predicted molar refractivity (Wildman–Crippen MR) is 146 cm³/mol. The standard InChI is InChI=1S/C29H38O14/c1-12-7-20(24(36)26(38)23(12)35)42-28-27(39)25(37)21(11-30)43-29(28)41-14-9-17(33)22(18(34)10-14)15(31)5-3-13-4-6-19(40-2)16(32)8-13/h4,6,8-10,12,20-21,23-30,32-39H,3,5,7,11H2,1-2H3. The van der Waals surface area contributed by atoms with Crippen LogP contribution in [0.5, 0.6) is 28.7 Å². The van der Waals surface area contributed by atoms with E-state index in [1.54, 1.807) is 19.1 Å². The maximum absolute atomic E-state index is 12.9. The first-order chi connectivity index (χ1) is 20.4. The average molecular weight is 611 g/mol. The van der Waals surface area contributed by atoms with Crippen LogP contribution in [0.1, 0.15) is 35.7 Å². The molecule has 10 atom stereocenters. The highest BCUT2D eigenvalue weighted by molar-refractivity contribution is 6.01. The van der Waals surface area contributed by atoms with Gasteiger partial charge in [0.25, 0.3) is 0 Å². The van der Waals surface area contributed by atoms with Crippen molar-refractivity contribution in [3.63, 3.8) is 0 Å². The zero-order chi connectivity index (χ0) is 31.6. The molecule has 0 spiro atoms. The number of Topliss-reactive ketones (excluding diaryl/α,β-unsaturated/α-hetero) is 1. The maximum Gasteiger partial charge on any atom is 0.229 e. The normalized spacial score (nSPS) is 32.7. The third kappa shape index (κ3) is 6.97. The van der Waals surface area contributed by atoms with Gasteiger partial charge in [-0.25, -0.2) is 0 Å². The summed E-state index contributed by atoms with van der Waals surface area (Å²) in [4.78, 5) is 12.9. The van der Waals surface area contributed by atoms with E-state index in [0.717, 1.165) is 12.1 Å². The highest BCUT2D eigenvalue weighted by atomic mass is 16.7. The minimum Gasteiger partial charge on any atom is -0.507 e. The molecule has 0 aromatic heterocycles. The number of hydrogen-bond donors (Lipinski definition) is 9. The molecule has 1 heterocycles. The van der Waals surface area contributed by atoms with E-state index >= 15 is 0 Å². The number of hydrogen-bond acceptors (Lipinski definition) is 14. The van der Waals surface area contributed by atoms with Crippen LogP contribution >= 0.6 is 0 Å². The number of carbonyl (C=O) groups is 1. The van der Waals surface area contributed by atoms with Gasteiger partial charge in [-0.2, -0.15) is 0 Å². The quantitative estimate of drug-likeness (QED) is 0.152. The molecule has 0 bridgehead atoms. The number of phenolic OH excluding ortho intramolecular Hbond substituents is 3. The molecule has 2 fully saturated rings. The maximum atomic E-state index is 12.9. The number of rotatable bonds is 10. The van der Waals surface area contributed by atoms with Crippen LogP contribution in [0.3, 0.4) is 0 Å². The second kappa shape index (κ2) is 13.6. The molecule has 43 heavy (non-hydrogen) atoms. The average Bonchev–Trinajstić information content (AvgIpc) is 2.96. The lowest BCUT2D eigenvalue weighted by molar-refractivity contribution is -0.307. The number of aliphatic hydroxyl groups excluding tert-OH is 6. The summed E-state index contributed by atoms with van der Waals surface area (Å²) in [7, 11) is 1.40. The van der Waals surface area contributed by atoms with Crippen molar-refractivity contribution in [2.75, 3.05) is 13.7 Å². The van der Waals surface area contributed by atoms with Crippen LogP contribution in [0, 0.1) is 5.92 Å². The van der Waals surface area contributed by atoms with Crippen LogP contribution in [0.25, 0.3) is 0 Å². The van der Waals surface area contributed by atoms with Gasteiger partial charge in [-0.3, -0.25) is 4.79 Å². The number of aryl methyl sites for hydroxylation is 1. The van der Waals surface area contributed by atoms with Crippen molar-refractivity contribution in [1.29, 1.82) is 0 Å². The van der Waals surface area contributed by atoms with E-state index < -0.39 is 84.9 Å². The van der Waals surface area contributed by atoms with E-state index in [1.165, 1.54) is 13.2 Å². The van der Waals surface area contributed by atoms with E-state index in [1.807, 2.05) is 0 Å². The third-order valence-corrected chi connectivity index (χ3v) is 7.91. The third-order valence-electron chi connectivity index (χ3n) is 7.91. The lowest BCUT2D eigenvalue weighted by Gasteiger charge is -2.45. The Morgan fingerprint density at radius 3 is 2.19 bits per heavy atom. The van der Waals surface area contributed by atoms with Gasteiger partial charge >= 0.3 is 0 Å². The van der Waals surface area contributed by atoms with Gasteiger partial charge in [0.15, 0.2) is 17.3 Å². The van der Waals surface area contributed by atoms with Gasteiger partial charge in [0.05, 0.1) is 25.9 Å². The Morgan fingerprint density at radius 1 is 0.907 bits per heavy atom. The first-order valence-electron chi connectivity index (χ1n) is 13.8. The molecular formula is C29H38O14. The highest BCUT2D eigenvalue weighted by Gasteiger charge is 2.50. The van der Waals surface area contributed by atoms with E-state index in [9.17, 15) is 50.8 Å². The zero-order valence-electron chi connectivity index (χ0n) is 23.6. The van der Waals surface area contributed by atoms with Gasteiger partial charge < -0.3 is 64.9 Å². The van der Waals surface area contributed by atoms with Gasteiger partial charge in [0.2, 0.25) is 6.29 Å². The summed E-state index contributed by atoms with van der Waals surface area (Å²) in [6.45, 7) is 0.915. The number of ether oxygens (including phenoxy) is 4. The summed E-state index contributed by atoms with van der Waals surface area (Å²) in [5.74, 6) is -2.41. The molecule has 2 aromatic rings.